The third-order valence-corrected chi connectivity index (χ3v) is 5.70. The molecule has 25 heavy (non-hydrogen) atoms. The lowest BCUT2D eigenvalue weighted by Crippen LogP contribution is -2.34. The monoisotopic (exact) mass is 328 g/mol. The summed E-state index contributed by atoms with van der Waals surface area (Å²) in [5.41, 5.74) is 2.30. The first-order valence-corrected chi connectivity index (χ1v) is 8.97. The number of hydrogen-bond acceptors (Lipinski definition) is 2. The summed E-state index contributed by atoms with van der Waals surface area (Å²) < 4.78 is 0. The van der Waals surface area contributed by atoms with E-state index in [0.29, 0.717) is 18.3 Å². The van der Waals surface area contributed by atoms with Gasteiger partial charge >= 0.3 is 0 Å². The second-order valence-electron chi connectivity index (χ2n) is 7.26. The number of hydrogen-bond donors (Lipinski definition) is 0. The van der Waals surface area contributed by atoms with E-state index in [-0.39, 0.29) is 11.9 Å². The van der Waals surface area contributed by atoms with Crippen LogP contribution in [0, 0.1) is 11.8 Å². The molecule has 124 valence electrons. The number of amides is 1. The van der Waals surface area contributed by atoms with Crippen LogP contribution in [0.3, 0.4) is 0 Å². The van der Waals surface area contributed by atoms with E-state index in [0.717, 1.165) is 22.9 Å². The molecule has 3 atom stereocenters. The van der Waals surface area contributed by atoms with Crippen molar-refractivity contribution in [2.24, 2.45) is 11.8 Å². The van der Waals surface area contributed by atoms with Crippen molar-refractivity contribution in [2.75, 3.05) is 6.54 Å². The molecule has 1 saturated carbocycles. The Morgan fingerprint density at radius 1 is 1.04 bits per heavy atom. The van der Waals surface area contributed by atoms with E-state index >= 15 is 0 Å². The summed E-state index contributed by atoms with van der Waals surface area (Å²) in [5, 5.41) is 2.23. The fourth-order valence-corrected chi connectivity index (χ4v) is 4.38. The van der Waals surface area contributed by atoms with Crippen molar-refractivity contribution < 1.29 is 4.79 Å². The molecule has 1 amide bonds. The van der Waals surface area contributed by atoms with Gasteiger partial charge in [0.1, 0.15) is 0 Å². The molecule has 1 saturated heterocycles. The number of carbonyl (C=O) groups excluding carboxylic acids is 1. The molecule has 1 aliphatic carbocycles. The van der Waals surface area contributed by atoms with Crippen molar-refractivity contribution in [3.05, 3.63) is 78.1 Å². The maximum absolute atomic E-state index is 13.1. The number of aromatic nitrogens is 1. The van der Waals surface area contributed by atoms with Crippen LogP contribution in [-0.4, -0.2) is 22.3 Å². The molecule has 0 radical (unpaired) electrons. The van der Waals surface area contributed by atoms with Crippen LogP contribution >= 0.6 is 0 Å². The highest BCUT2D eigenvalue weighted by Crippen LogP contribution is 2.56. The molecule has 2 heterocycles. The van der Waals surface area contributed by atoms with E-state index < -0.39 is 0 Å². The van der Waals surface area contributed by atoms with Gasteiger partial charge in [0.2, 0.25) is 5.91 Å². The zero-order valence-electron chi connectivity index (χ0n) is 14.0. The first-order valence-electron chi connectivity index (χ1n) is 8.97. The molecule has 1 aromatic heterocycles. The first kappa shape index (κ1) is 14.6. The minimum atomic E-state index is 0.221. The number of nitrogens with zero attached hydrogens (tertiary/aromatic N) is 2. The third kappa shape index (κ3) is 2.51. The van der Waals surface area contributed by atoms with Crippen LogP contribution in [0.25, 0.3) is 10.8 Å². The van der Waals surface area contributed by atoms with Crippen molar-refractivity contribution in [3.63, 3.8) is 0 Å². The standard InChI is InChI=1S/C22H20N2O/c25-21(11-17-13-23-12-16-8-4-5-9-19(16)17)24-14-18-10-20(18)22(24)15-6-2-1-3-7-15/h1-9,12-13,18,20,22H,10-11,14H2/t18-,20-,22-/m0/s1. The number of piperidine rings is 1. The molecule has 3 nitrogen and oxygen atoms in total. The largest absolute Gasteiger partial charge is 0.335 e. The van der Waals surface area contributed by atoms with Gasteiger partial charge in [-0.1, -0.05) is 54.6 Å². The lowest BCUT2D eigenvalue weighted by atomic mass is 10.0. The third-order valence-electron chi connectivity index (χ3n) is 5.70. The predicted octanol–water partition coefficient (Wildman–Crippen LogP) is 4.00. The van der Waals surface area contributed by atoms with E-state index in [9.17, 15) is 4.79 Å². The van der Waals surface area contributed by atoms with E-state index in [1.54, 1.807) is 0 Å². The van der Waals surface area contributed by atoms with Gasteiger partial charge in [-0.15, -0.1) is 0 Å². The summed E-state index contributed by atoms with van der Waals surface area (Å²) in [7, 11) is 0. The van der Waals surface area contributed by atoms with Crippen LogP contribution in [-0.2, 0) is 11.2 Å². The maximum Gasteiger partial charge on any atom is 0.227 e. The Balaban J connectivity index is 1.44. The smallest absolute Gasteiger partial charge is 0.227 e. The van der Waals surface area contributed by atoms with Gasteiger partial charge in [0.05, 0.1) is 12.5 Å². The summed E-state index contributed by atoms with van der Waals surface area (Å²) in [4.78, 5) is 19.5. The summed E-state index contributed by atoms with van der Waals surface area (Å²) in [6.45, 7) is 0.904. The van der Waals surface area contributed by atoms with Gasteiger partial charge in [-0.05, 0) is 34.8 Å². The second kappa shape index (κ2) is 5.69. The van der Waals surface area contributed by atoms with Crippen LogP contribution in [0.15, 0.2) is 67.0 Å². The van der Waals surface area contributed by atoms with E-state index in [1.165, 1.54) is 12.0 Å². The average molecular weight is 328 g/mol. The normalized spacial score (nSPS) is 24.3. The molecule has 1 aliphatic heterocycles. The highest BCUT2D eigenvalue weighted by molar-refractivity contribution is 5.89. The van der Waals surface area contributed by atoms with Gasteiger partial charge in [-0.2, -0.15) is 0 Å². The molecule has 0 unspecified atom stereocenters. The van der Waals surface area contributed by atoms with Crippen LogP contribution < -0.4 is 0 Å². The zero-order valence-corrected chi connectivity index (χ0v) is 14.0. The molecular formula is C22H20N2O. The minimum Gasteiger partial charge on any atom is -0.335 e. The Kier molecular flexibility index (Phi) is 3.34. The van der Waals surface area contributed by atoms with Gasteiger partial charge in [-0.25, -0.2) is 0 Å². The van der Waals surface area contributed by atoms with E-state index in [4.69, 9.17) is 0 Å². The Bertz CT molecular complexity index is 932. The minimum absolute atomic E-state index is 0.221. The Morgan fingerprint density at radius 2 is 1.84 bits per heavy atom. The highest BCUT2D eigenvalue weighted by Gasteiger charge is 2.54. The van der Waals surface area contributed by atoms with Crippen molar-refractivity contribution in [1.29, 1.82) is 0 Å². The molecule has 5 rings (SSSR count). The zero-order chi connectivity index (χ0) is 16.8. The number of carbonyl (C=O) groups is 1. The van der Waals surface area contributed by atoms with Crippen LogP contribution in [0.1, 0.15) is 23.6 Å². The van der Waals surface area contributed by atoms with Crippen molar-refractivity contribution >= 4 is 16.7 Å². The Morgan fingerprint density at radius 3 is 2.72 bits per heavy atom. The number of pyridine rings is 1. The van der Waals surface area contributed by atoms with Gasteiger partial charge in [0.15, 0.2) is 0 Å². The summed E-state index contributed by atoms with van der Waals surface area (Å²) in [6.07, 6.45) is 5.39. The fraction of sp³-hybridized carbons (Fsp3) is 0.273. The predicted molar refractivity (Wildman–Crippen MR) is 97.9 cm³/mol. The molecule has 0 bridgehead atoms. The van der Waals surface area contributed by atoms with Gasteiger partial charge in [0.25, 0.3) is 0 Å². The topological polar surface area (TPSA) is 33.2 Å². The summed E-state index contributed by atoms with van der Waals surface area (Å²) in [5.74, 6) is 1.57. The van der Waals surface area contributed by atoms with Gasteiger partial charge in [-0.3, -0.25) is 9.78 Å². The Hall–Kier alpha value is -2.68. The first-order chi connectivity index (χ1) is 12.3. The number of rotatable bonds is 3. The van der Waals surface area contributed by atoms with E-state index in [1.807, 2.05) is 36.7 Å². The number of fused-ring (bicyclic) bond motifs is 2. The number of benzene rings is 2. The van der Waals surface area contributed by atoms with Gasteiger partial charge < -0.3 is 4.90 Å². The summed E-state index contributed by atoms with van der Waals surface area (Å²) >= 11 is 0. The van der Waals surface area contributed by atoms with Gasteiger partial charge in [0, 0.05) is 24.3 Å². The second-order valence-corrected chi connectivity index (χ2v) is 7.26. The number of likely N-dealkylation sites (tertiary alicyclic amines) is 1. The average Bonchev–Trinajstić information content (AvgIpc) is 3.32. The van der Waals surface area contributed by atoms with Crippen LogP contribution in [0.2, 0.25) is 0 Å². The maximum atomic E-state index is 13.1. The lowest BCUT2D eigenvalue weighted by molar-refractivity contribution is -0.132. The summed E-state index contributed by atoms with van der Waals surface area (Å²) in [6, 6.07) is 18.9. The highest BCUT2D eigenvalue weighted by atomic mass is 16.2. The van der Waals surface area contributed by atoms with Crippen LogP contribution in [0.5, 0.6) is 0 Å². The molecule has 0 N–H and O–H groups in total. The van der Waals surface area contributed by atoms with E-state index in [2.05, 4.69) is 40.2 Å². The molecule has 3 aromatic rings. The van der Waals surface area contributed by atoms with Crippen LogP contribution in [0.4, 0.5) is 0 Å². The lowest BCUT2D eigenvalue weighted by Gasteiger charge is -2.28. The van der Waals surface area contributed by atoms with Crippen molar-refractivity contribution in [1.82, 2.24) is 9.88 Å². The molecule has 2 fully saturated rings. The molecule has 0 spiro atoms. The Labute approximate surface area is 147 Å². The molecular weight excluding hydrogens is 308 g/mol. The van der Waals surface area contributed by atoms with Crippen molar-refractivity contribution in [2.45, 2.75) is 18.9 Å². The van der Waals surface area contributed by atoms with Crippen molar-refractivity contribution in [3.8, 4) is 0 Å². The molecule has 3 heteroatoms. The molecule has 2 aliphatic rings. The fourth-order valence-electron chi connectivity index (χ4n) is 4.38. The quantitative estimate of drug-likeness (QED) is 0.728. The SMILES string of the molecule is O=C(Cc1cncc2ccccc12)N1C[C@@H]2C[C@@H]2[C@@H]1c1ccccc1. The molecule has 2 aromatic carbocycles.